The number of halogens is 3. The highest BCUT2D eigenvalue weighted by atomic mass is 19.4. The molecule has 1 aliphatic heterocycles. The van der Waals surface area contributed by atoms with Crippen molar-refractivity contribution in [1.82, 2.24) is 0 Å². The summed E-state index contributed by atoms with van der Waals surface area (Å²) in [6.45, 7) is 3.64. The van der Waals surface area contributed by atoms with Crippen LogP contribution in [0.15, 0.2) is 18.2 Å². The third kappa shape index (κ3) is 1.90. The lowest BCUT2D eigenvalue weighted by Crippen LogP contribution is -2.17. The highest BCUT2D eigenvalue weighted by molar-refractivity contribution is 6.04. The summed E-state index contributed by atoms with van der Waals surface area (Å²) in [5, 5.41) is 2.35. The summed E-state index contributed by atoms with van der Waals surface area (Å²) in [7, 11) is 0. The predicted molar refractivity (Wildman–Crippen MR) is 57.7 cm³/mol. The molecule has 0 bridgehead atoms. The number of amides is 1. The number of fused-ring (bicyclic) bond motifs is 1. The van der Waals surface area contributed by atoms with Gasteiger partial charge in [-0.15, -0.1) is 0 Å². The number of anilines is 1. The van der Waals surface area contributed by atoms with E-state index in [1.807, 2.05) is 13.8 Å². The topological polar surface area (TPSA) is 29.1 Å². The summed E-state index contributed by atoms with van der Waals surface area (Å²) < 4.78 is 38.2. The monoisotopic (exact) mass is 243 g/mol. The van der Waals surface area contributed by atoms with Gasteiger partial charge in [0.25, 0.3) is 0 Å². The van der Waals surface area contributed by atoms with Crippen molar-refractivity contribution in [3.63, 3.8) is 0 Å². The Morgan fingerprint density at radius 1 is 1.29 bits per heavy atom. The van der Waals surface area contributed by atoms with Crippen LogP contribution in [-0.2, 0) is 11.0 Å². The molecule has 2 rings (SSSR count). The number of para-hydroxylation sites is 1. The van der Waals surface area contributed by atoms with Crippen LogP contribution >= 0.6 is 0 Å². The number of hydrogen-bond acceptors (Lipinski definition) is 1. The number of rotatable bonds is 1. The normalized spacial score (nSPS) is 19.4. The predicted octanol–water partition coefficient (Wildman–Crippen LogP) is 3.40. The number of carbonyl (C=O) groups is 1. The molecule has 1 aliphatic rings. The highest BCUT2D eigenvalue weighted by Crippen LogP contribution is 2.44. The van der Waals surface area contributed by atoms with Crippen LogP contribution < -0.4 is 5.32 Å². The van der Waals surface area contributed by atoms with Crippen molar-refractivity contribution in [2.24, 2.45) is 5.92 Å². The maximum absolute atomic E-state index is 12.7. The average molecular weight is 243 g/mol. The Morgan fingerprint density at radius 2 is 1.94 bits per heavy atom. The first-order valence-electron chi connectivity index (χ1n) is 5.33. The van der Waals surface area contributed by atoms with Crippen molar-refractivity contribution in [2.45, 2.75) is 25.9 Å². The first-order valence-corrected chi connectivity index (χ1v) is 5.33. The van der Waals surface area contributed by atoms with E-state index < -0.39 is 17.7 Å². The Kier molecular flexibility index (Phi) is 2.64. The van der Waals surface area contributed by atoms with Gasteiger partial charge < -0.3 is 5.32 Å². The molecule has 0 fully saturated rings. The molecular formula is C12H12F3NO. The van der Waals surface area contributed by atoms with Crippen LogP contribution in [0.4, 0.5) is 18.9 Å². The lowest BCUT2D eigenvalue weighted by Gasteiger charge is -2.14. The fraction of sp³-hybridized carbons (Fsp3) is 0.417. The molecule has 5 heteroatoms. The van der Waals surface area contributed by atoms with E-state index in [1.165, 1.54) is 6.07 Å². The second kappa shape index (κ2) is 3.75. The SMILES string of the molecule is CC(C)C1C(=O)Nc2c1cccc2C(F)(F)F. The zero-order chi connectivity index (χ0) is 12.8. The van der Waals surface area contributed by atoms with Crippen molar-refractivity contribution in [1.29, 1.82) is 0 Å². The minimum absolute atomic E-state index is 0.0280. The largest absolute Gasteiger partial charge is 0.418 e. The Morgan fingerprint density at radius 3 is 2.47 bits per heavy atom. The molecule has 1 unspecified atom stereocenters. The molecule has 0 saturated heterocycles. The van der Waals surface area contributed by atoms with Crippen molar-refractivity contribution in [3.05, 3.63) is 29.3 Å². The molecule has 0 spiro atoms. The quantitative estimate of drug-likeness (QED) is 0.804. The molecule has 0 saturated carbocycles. The summed E-state index contributed by atoms with van der Waals surface area (Å²) in [6, 6.07) is 3.91. The van der Waals surface area contributed by atoms with Crippen LogP contribution in [0.25, 0.3) is 0 Å². The van der Waals surface area contributed by atoms with Crippen LogP contribution in [0.5, 0.6) is 0 Å². The van der Waals surface area contributed by atoms with E-state index >= 15 is 0 Å². The number of alkyl halides is 3. The van der Waals surface area contributed by atoms with Gasteiger partial charge in [0.2, 0.25) is 5.91 Å². The van der Waals surface area contributed by atoms with Crippen molar-refractivity contribution in [2.75, 3.05) is 5.32 Å². The molecule has 1 aromatic rings. The first-order chi connectivity index (χ1) is 7.82. The van der Waals surface area contributed by atoms with Gasteiger partial charge in [-0.05, 0) is 17.5 Å². The zero-order valence-corrected chi connectivity index (χ0v) is 9.43. The Hall–Kier alpha value is -1.52. The molecule has 92 valence electrons. The number of hydrogen-bond donors (Lipinski definition) is 1. The van der Waals surface area contributed by atoms with Gasteiger partial charge in [-0.2, -0.15) is 13.2 Å². The molecule has 1 atom stereocenters. The maximum atomic E-state index is 12.7. The van der Waals surface area contributed by atoms with Gasteiger partial charge in [0.1, 0.15) is 0 Å². The van der Waals surface area contributed by atoms with E-state index in [4.69, 9.17) is 0 Å². The van der Waals surface area contributed by atoms with Crippen LogP contribution in [-0.4, -0.2) is 5.91 Å². The molecular weight excluding hydrogens is 231 g/mol. The van der Waals surface area contributed by atoms with E-state index in [-0.39, 0.29) is 17.5 Å². The van der Waals surface area contributed by atoms with E-state index in [2.05, 4.69) is 5.32 Å². The molecule has 0 aliphatic carbocycles. The third-order valence-electron chi connectivity index (χ3n) is 2.93. The third-order valence-corrected chi connectivity index (χ3v) is 2.93. The fourth-order valence-corrected chi connectivity index (χ4v) is 2.21. The molecule has 17 heavy (non-hydrogen) atoms. The molecule has 0 aromatic heterocycles. The minimum atomic E-state index is -4.44. The lowest BCUT2D eigenvalue weighted by atomic mass is 9.89. The summed E-state index contributed by atoms with van der Waals surface area (Å²) in [6.07, 6.45) is -4.44. The molecule has 1 N–H and O–H groups in total. The standard InChI is InChI=1S/C12H12F3NO/c1-6(2)9-7-4-3-5-8(12(13,14)15)10(7)16-11(9)17/h3-6,9H,1-2H3,(H,16,17). The summed E-state index contributed by atoms with van der Waals surface area (Å²) in [5.74, 6) is -0.876. The number of benzene rings is 1. The Labute approximate surface area is 96.8 Å². The Balaban J connectivity index is 2.57. The van der Waals surface area contributed by atoms with Gasteiger partial charge in [-0.25, -0.2) is 0 Å². The van der Waals surface area contributed by atoms with Gasteiger partial charge in [0.05, 0.1) is 17.2 Å². The smallest absolute Gasteiger partial charge is 0.325 e. The molecule has 1 aromatic carbocycles. The van der Waals surface area contributed by atoms with Gasteiger partial charge in [0, 0.05) is 0 Å². The molecule has 1 heterocycles. The molecule has 2 nitrogen and oxygen atoms in total. The van der Waals surface area contributed by atoms with Crippen LogP contribution in [0.1, 0.15) is 30.9 Å². The second-order valence-electron chi connectivity index (χ2n) is 4.48. The van der Waals surface area contributed by atoms with Crippen LogP contribution in [0.2, 0.25) is 0 Å². The van der Waals surface area contributed by atoms with Crippen molar-refractivity contribution >= 4 is 11.6 Å². The fourth-order valence-electron chi connectivity index (χ4n) is 2.21. The lowest BCUT2D eigenvalue weighted by molar-refractivity contribution is -0.136. The molecule has 0 radical (unpaired) electrons. The van der Waals surface area contributed by atoms with E-state index in [1.54, 1.807) is 6.07 Å². The zero-order valence-electron chi connectivity index (χ0n) is 9.43. The molecule has 1 amide bonds. The van der Waals surface area contributed by atoms with Gasteiger partial charge in [0.15, 0.2) is 0 Å². The summed E-state index contributed by atoms with van der Waals surface area (Å²) in [5.41, 5.74) is -0.407. The second-order valence-corrected chi connectivity index (χ2v) is 4.48. The van der Waals surface area contributed by atoms with E-state index in [0.717, 1.165) is 6.07 Å². The average Bonchev–Trinajstić information content (AvgIpc) is 2.51. The van der Waals surface area contributed by atoms with E-state index in [0.29, 0.717) is 5.56 Å². The van der Waals surface area contributed by atoms with Gasteiger partial charge in [-0.3, -0.25) is 4.79 Å². The summed E-state index contributed by atoms with van der Waals surface area (Å²) in [4.78, 5) is 11.7. The first kappa shape index (κ1) is 12.0. The maximum Gasteiger partial charge on any atom is 0.418 e. The number of nitrogens with one attached hydrogen (secondary N) is 1. The summed E-state index contributed by atoms with van der Waals surface area (Å²) >= 11 is 0. The van der Waals surface area contributed by atoms with E-state index in [9.17, 15) is 18.0 Å². The van der Waals surface area contributed by atoms with Crippen LogP contribution in [0, 0.1) is 5.92 Å². The van der Waals surface area contributed by atoms with Crippen molar-refractivity contribution in [3.8, 4) is 0 Å². The highest BCUT2D eigenvalue weighted by Gasteiger charge is 2.41. The van der Waals surface area contributed by atoms with Crippen molar-refractivity contribution < 1.29 is 18.0 Å². The minimum Gasteiger partial charge on any atom is -0.325 e. The number of carbonyl (C=O) groups excluding carboxylic acids is 1. The van der Waals surface area contributed by atoms with Gasteiger partial charge in [-0.1, -0.05) is 26.0 Å². The van der Waals surface area contributed by atoms with Gasteiger partial charge >= 0.3 is 6.18 Å². The Bertz CT molecular complexity index is 465. The van der Waals surface area contributed by atoms with Crippen LogP contribution in [0.3, 0.4) is 0 Å².